The van der Waals surface area contributed by atoms with E-state index in [-0.39, 0.29) is 16.7 Å². The van der Waals surface area contributed by atoms with Crippen molar-refractivity contribution >= 4 is 22.7 Å². The number of amides is 1. The molecule has 2 heterocycles. The molecule has 0 radical (unpaired) electrons. The lowest BCUT2D eigenvalue weighted by molar-refractivity contribution is -0.123. The van der Waals surface area contributed by atoms with Crippen molar-refractivity contribution in [2.45, 2.75) is 69.1 Å². The fourth-order valence-electron chi connectivity index (χ4n) is 6.40. The van der Waals surface area contributed by atoms with E-state index in [2.05, 4.69) is 59.7 Å². The molecule has 4 aromatic rings. The van der Waals surface area contributed by atoms with Gasteiger partial charge < -0.3 is 14.6 Å². The number of para-hydroxylation sites is 1. The van der Waals surface area contributed by atoms with Gasteiger partial charge in [0.25, 0.3) is 5.91 Å². The number of hydrogen-bond acceptors (Lipinski definition) is 5. The lowest BCUT2D eigenvalue weighted by atomic mass is 9.70. The number of aromatic hydroxyl groups is 1. The minimum Gasteiger partial charge on any atom is -0.507 e. The van der Waals surface area contributed by atoms with E-state index in [1.807, 2.05) is 72.8 Å². The summed E-state index contributed by atoms with van der Waals surface area (Å²) < 4.78 is 11.3. The van der Waals surface area contributed by atoms with Crippen molar-refractivity contribution in [3.63, 3.8) is 0 Å². The Kier molecular flexibility index (Phi) is 7.40. The predicted molar refractivity (Wildman–Crippen MR) is 178 cm³/mol. The molecule has 44 heavy (non-hydrogen) atoms. The standard InChI is InChI=1S/C38H39NO4S/c1-36(2,3)28-21-25(22-29(32(28)40)37(4,5)6)31-27-18-11-12-19-30(27)43-33(24-16-13-17-26(20-24)42-7)38(31)35(41)39-34(44-38)23-14-9-8-10-15-23/h8-22,31,33,40H,1-7H3/t31-,33-,38-/m1/s1. The number of phenols is 1. The first-order valence-electron chi connectivity index (χ1n) is 15.0. The van der Waals surface area contributed by atoms with Crippen LogP contribution in [0.25, 0.3) is 0 Å². The number of carbonyl (C=O) groups excluding carboxylic acids is 1. The molecule has 0 aliphatic carbocycles. The number of phenolic OH excluding ortho intramolecular Hbond substituents is 1. The highest BCUT2D eigenvalue weighted by atomic mass is 32.2. The molecule has 1 N–H and O–H groups in total. The zero-order valence-corrected chi connectivity index (χ0v) is 27.2. The molecule has 0 bridgehead atoms. The number of thioether (sulfide) groups is 1. The van der Waals surface area contributed by atoms with Crippen LogP contribution in [0.4, 0.5) is 0 Å². The van der Waals surface area contributed by atoms with Gasteiger partial charge in [-0.05, 0) is 51.3 Å². The zero-order chi connectivity index (χ0) is 31.4. The number of nitrogens with zero attached hydrogens (tertiary/aromatic N) is 1. The van der Waals surface area contributed by atoms with Gasteiger partial charge in [0.1, 0.15) is 28.4 Å². The highest BCUT2D eigenvalue weighted by Gasteiger charge is 2.62. The van der Waals surface area contributed by atoms with Crippen LogP contribution >= 0.6 is 11.8 Å². The Balaban J connectivity index is 1.68. The van der Waals surface area contributed by atoms with Crippen molar-refractivity contribution in [3.05, 3.63) is 124 Å². The highest BCUT2D eigenvalue weighted by molar-refractivity contribution is 8.16. The Hall–Kier alpha value is -4.03. The number of aliphatic imine (C=N–C) groups is 1. The van der Waals surface area contributed by atoms with Crippen LogP contribution in [0.5, 0.6) is 17.2 Å². The monoisotopic (exact) mass is 605 g/mol. The summed E-state index contributed by atoms with van der Waals surface area (Å²) in [6.45, 7) is 12.6. The van der Waals surface area contributed by atoms with Crippen LogP contribution in [0, 0.1) is 0 Å². The molecule has 0 aromatic heterocycles. The van der Waals surface area contributed by atoms with Crippen LogP contribution in [0.15, 0.2) is 96.0 Å². The summed E-state index contributed by atoms with van der Waals surface area (Å²) in [5.74, 6) is 1.04. The van der Waals surface area contributed by atoms with E-state index in [1.165, 1.54) is 11.8 Å². The summed E-state index contributed by atoms with van der Waals surface area (Å²) in [6.07, 6.45) is -0.676. The van der Waals surface area contributed by atoms with Crippen molar-refractivity contribution < 1.29 is 19.4 Å². The second kappa shape index (κ2) is 10.8. The fourth-order valence-corrected chi connectivity index (χ4v) is 7.90. The molecule has 0 saturated heterocycles. The van der Waals surface area contributed by atoms with Gasteiger partial charge in [-0.25, -0.2) is 4.99 Å². The van der Waals surface area contributed by atoms with E-state index in [0.29, 0.717) is 16.5 Å². The normalized spacial score (nSPS) is 21.5. The Morgan fingerprint density at radius 2 is 1.45 bits per heavy atom. The van der Waals surface area contributed by atoms with E-state index in [0.717, 1.165) is 39.1 Å². The van der Waals surface area contributed by atoms with E-state index >= 15 is 0 Å². The first kappa shape index (κ1) is 30.0. The fraction of sp³-hybridized carbons (Fsp3) is 0.316. The zero-order valence-electron chi connectivity index (χ0n) is 26.3. The minimum atomic E-state index is -1.17. The number of fused-ring (bicyclic) bond motifs is 1. The number of methoxy groups -OCH3 is 1. The Labute approximate surface area is 264 Å². The molecule has 226 valence electrons. The van der Waals surface area contributed by atoms with Gasteiger partial charge in [0, 0.05) is 17.0 Å². The maximum Gasteiger partial charge on any atom is 0.268 e. The number of benzene rings is 4. The molecule has 1 amide bonds. The summed E-state index contributed by atoms with van der Waals surface area (Å²) in [7, 11) is 1.64. The number of rotatable bonds is 4. The second-order valence-electron chi connectivity index (χ2n) is 13.7. The molecule has 2 aliphatic heterocycles. The maximum atomic E-state index is 14.7. The van der Waals surface area contributed by atoms with Gasteiger partial charge in [0.05, 0.1) is 7.11 Å². The predicted octanol–water partition coefficient (Wildman–Crippen LogP) is 8.72. The van der Waals surface area contributed by atoms with Gasteiger partial charge in [-0.3, -0.25) is 4.79 Å². The van der Waals surface area contributed by atoms with Gasteiger partial charge in [-0.15, -0.1) is 0 Å². The summed E-state index contributed by atoms with van der Waals surface area (Å²) in [5.41, 5.74) is 4.59. The molecule has 4 aromatic carbocycles. The molecule has 2 aliphatic rings. The largest absolute Gasteiger partial charge is 0.507 e. The van der Waals surface area contributed by atoms with Gasteiger partial charge in [0.15, 0.2) is 4.75 Å². The van der Waals surface area contributed by atoms with Crippen LogP contribution in [-0.2, 0) is 15.6 Å². The Morgan fingerprint density at radius 3 is 2.09 bits per heavy atom. The number of ether oxygens (including phenoxy) is 2. The van der Waals surface area contributed by atoms with Crippen molar-refractivity contribution in [2.24, 2.45) is 4.99 Å². The second-order valence-corrected chi connectivity index (χ2v) is 15.0. The summed E-state index contributed by atoms with van der Waals surface area (Å²) in [5, 5.41) is 12.3. The average Bonchev–Trinajstić information content (AvgIpc) is 3.33. The topological polar surface area (TPSA) is 68.1 Å². The third-order valence-corrected chi connectivity index (χ3v) is 10.1. The third kappa shape index (κ3) is 4.99. The average molecular weight is 606 g/mol. The molecule has 6 heteroatoms. The highest BCUT2D eigenvalue weighted by Crippen LogP contribution is 2.62. The first-order valence-corrected chi connectivity index (χ1v) is 15.8. The number of carbonyl (C=O) groups is 1. The SMILES string of the molecule is COc1cccc([C@H]2Oc3ccccc3[C@@H](c3cc(C(C)(C)C)c(O)c(C(C)(C)C)c3)[C@@]23SC(c2ccccc2)=NC3=O)c1. The quantitative estimate of drug-likeness (QED) is 0.252. The van der Waals surface area contributed by atoms with Gasteiger partial charge >= 0.3 is 0 Å². The van der Waals surface area contributed by atoms with Crippen LogP contribution < -0.4 is 9.47 Å². The van der Waals surface area contributed by atoms with Crippen molar-refractivity contribution in [2.75, 3.05) is 7.11 Å². The van der Waals surface area contributed by atoms with Crippen LogP contribution in [0.2, 0.25) is 0 Å². The van der Waals surface area contributed by atoms with E-state index in [4.69, 9.17) is 14.5 Å². The molecular weight excluding hydrogens is 566 g/mol. The van der Waals surface area contributed by atoms with Crippen LogP contribution in [0.3, 0.4) is 0 Å². The van der Waals surface area contributed by atoms with Crippen molar-refractivity contribution in [1.29, 1.82) is 0 Å². The first-order chi connectivity index (χ1) is 20.8. The smallest absolute Gasteiger partial charge is 0.268 e. The van der Waals surface area contributed by atoms with E-state index < -0.39 is 16.8 Å². The lowest BCUT2D eigenvalue weighted by Crippen LogP contribution is -2.49. The molecule has 0 saturated carbocycles. The molecule has 3 atom stereocenters. The van der Waals surface area contributed by atoms with Crippen LogP contribution in [0.1, 0.15) is 86.9 Å². The molecule has 0 unspecified atom stereocenters. The summed E-state index contributed by atoms with van der Waals surface area (Å²) in [6, 6.07) is 29.8. The Morgan fingerprint density at radius 1 is 0.818 bits per heavy atom. The summed E-state index contributed by atoms with van der Waals surface area (Å²) in [4.78, 5) is 19.5. The van der Waals surface area contributed by atoms with Gasteiger partial charge in [-0.1, -0.05) is 126 Å². The molecular formula is C38H39NO4S. The van der Waals surface area contributed by atoms with Gasteiger partial charge in [-0.2, -0.15) is 0 Å². The molecule has 6 rings (SSSR count). The van der Waals surface area contributed by atoms with Gasteiger partial charge in [0.2, 0.25) is 0 Å². The van der Waals surface area contributed by atoms with Crippen LogP contribution in [-0.4, -0.2) is 27.9 Å². The van der Waals surface area contributed by atoms with E-state index in [1.54, 1.807) is 7.11 Å². The Bertz CT molecular complexity index is 1730. The minimum absolute atomic E-state index is 0.239. The summed E-state index contributed by atoms with van der Waals surface area (Å²) >= 11 is 1.48. The number of hydrogen-bond donors (Lipinski definition) is 1. The maximum absolute atomic E-state index is 14.7. The molecule has 5 nitrogen and oxygen atoms in total. The van der Waals surface area contributed by atoms with E-state index in [9.17, 15) is 9.90 Å². The lowest BCUT2D eigenvalue weighted by Gasteiger charge is -2.46. The third-order valence-electron chi connectivity index (χ3n) is 8.59. The molecule has 0 fully saturated rings. The van der Waals surface area contributed by atoms with Crippen molar-refractivity contribution in [3.8, 4) is 17.2 Å². The van der Waals surface area contributed by atoms with Crippen molar-refractivity contribution in [1.82, 2.24) is 0 Å². The molecule has 1 spiro atoms.